The predicted molar refractivity (Wildman–Crippen MR) is 67.6 cm³/mol. The molecule has 2 unspecified atom stereocenters. The van der Waals surface area contributed by atoms with Crippen LogP contribution in [0.1, 0.15) is 29.6 Å². The van der Waals surface area contributed by atoms with Crippen LogP contribution >= 0.6 is 15.9 Å². The monoisotopic (exact) mass is 298 g/mol. The maximum atomic E-state index is 11.8. The second-order valence-electron chi connectivity index (χ2n) is 4.34. The molecule has 92 valence electrons. The van der Waals surface area contributed by atoms with Gasteiger partial charge in [-0.2, -0.15) is 0 Å². The van der Waals surface area contributed by atoms with Gasteiger partial charge in [-0.3, -0.25) is 4.79 Å². The zero-order valence-electron chi connectivity index (χ0n) is 9.40. The summed E-state index contributed by atoms with van der Waals surface area (Å²) in [6.07, 6.45) is 4.20. The number of aromatic nitrogens is 1. The number of halogens is 1. The van der Waals surface area contributed by atoms with Crippen LogP contribution in [0.25, 0.3) is 0 Å². The fourth-order valence-electron chi connectivity index (χ4n) is 2.12. The molecule has 2 N–H and O–H groups in total. The summed E-state index contributed by atoms with van der Waals surface area (Å²) in [5, 5.41) is 12.5. The van der Waals surface area contributed by atoms with Gasteiger partial charge < -0.3 is 10.4 Å². The molecule has 1 aliphatic carbocycles. The molecule has 0 aliphatic heterocycles. The molecule has 0 saturated heterocycles. The Labute approximate surface area is 109 Å². The highest BCUT2D eigenvalue weighted by Crippen LogP contribution is 2.24. The molecule has 1 amide bonds. The molecular weight excluding hydrogens is 284 g/mol. The molecule has 0 bridgehead atoms. The first-order valence-electron chi connectivity index (χ1n) is 5.74. The van der Waals surface area contributed by atoms with Gasteiger partial charge >= 0.3 is 0 Å². The van der Waals surface area contributed by atoms with Crippen LogP contribution in [0.2, 0.25) is 0 Å². The minimum absolute atomic E-state index is 0.118. The van der Waals surface area contributed by atoms with Crippen molar-refractivity contribution < 1.29 is 9.90 Å². The van der Waals surface area contributed by atoms with Crippen molar-refractivity contribution in [3.05, 3.63) is 28.5 Å². The first kappa shape index (κ1) is 12.5. The number of pyridine rings is 1. The zero-order chi connectivity index (χ0) is 12.3. The van der Waals surface area contributed by atoms with E-state index in [0.29, 0.717) is 16.7 Å². The van der Waals surface area contributed by atoms with Crippen molar-refractivity contribution in [2.75, 3.05) is 6.54 Å². The van der Waals surface area contributed by atoms with E-state index in [1.54, 1.807) is 18.3 Å². The molecule has 1 fully saturated rings. The van der Waals surface area contributed by atoms with Crippen molar-refractivity contribution in [1.82, 2.24) is 10.3 Å². The summed E-state index contributed by atoms with van der Waals surface area (Å²) in [5.41, 5.74) is 0.583. The highest BCUT2D eigenvalue weighted by Gasteiger charge is 2.25. The second-order valence-corrected chi connectivity index (χ2v) is 5.15. The largest absolute Gasteiger partial charge is 0.393 e. The van der Waals surface area contributed by atoms with Gasteiger partial charge in [0.15, 0.2) is 0 Å². The number of nitrogens with one attached hydrogen (secondary N) is 1. The van der Waals surface area contributed by atoms with Crippen molar-refractivity contribution in [2.24, 2.45) is 5.92 Å². The van der Waals surface area contributed by atoms with Gasteiger partial charge in [-0.25, -0.2) is 4.98 Å². The molecule has 2 rings (SSSR count). The maximum absolute atomic E-state index is 11.8. The van der Waals surface area contributed by atoms with Crippen LogP contribution < -0.4 is 5.32 Å². The van der Waals surface area contributed by atoms with Gasteiger partial charge in [0, 0.05) is 24.2 Å². The Morgan fingerprint density at radius 3 is 3.06 bits per heavy atom. The van der Waals surface area contributed by atoms with E-state index in [4.69, 9.17) is 0 Å². The molecule has 1 aromatic heterocycles. The Bertz CT molecular complexity index is 411. The number of hydrogen-bond donors (Lipinski definition) is 2. The first-order chi connectivity index (χ1) is 8.16. The van der Waals surface area contributed by atoms with E-state index in [1.807, 2.05) is 0 Å². The Morgan fingerprint density at radius 1 is 1.59 bits per heavy atom. The fourth-order valence-corrected chi connectivity index (χ4v) is 2.49. The minimum Gasteiger partial charge on any atom is -0.393 e. The summed E-state index contributed by atoms with van der Waals surface area (Å²) in [5.74, 6) is 0.0800. The van der Waals surface area contributed by atoms with Crippen molar-refractivity contribution in [2.45, 2.75) is 25.4 Å². The van der Waals surface area contributed by atoms with Crippen LogP contribution in [0.5, 0.6) is 0 Å². The molecular formula is C12H15BrN2O2. The van der Waals surface area contributed by atoms with Crippen molar-refractivity contribution in [1.29, 1.82) is 0 Å². The second kappa shape index (κ2) is 5.60. The third kappa shape index (κ3) is 3.26. The highest BCUT2D eigenvalue weighted by molar-refractivity contribution is 9.10. The molecule has 1 aliphatic rings. The topological polar surface area (TPSA) is 62.2 Å². The van der Waals surface area contributed by atoms with Gasteiger partial charge in [-0.1, -0.05) is 6.42 Å². The number of nitrogens with zero attached hydrogens (tertiary/aromatic N) is 1. The summed E-state index contributed by atoms with van der Waals surface area (Å²) >= 11 is 3.23. The lowest BCUT2D eigenvalue weighted by Gasteiger charge is -2.15. The van der Waals surface area contributed by atoms with E-state index in [1.165, 1.54) is 0 Å². The Morgan fingerprint density at radius 2 is 2.41 bits per heavy atom. The van der Waals surface area contributed by atoms with Crippen LogP contribution in [-0.4, -0.2) is 28.6 Å². The highest BCUT2D eigenvalue weighted by atomic mass is 79.9. The Balaban J connectivity index is 1.89. The molecule has 5 heteroatoms. The maximum Gasteiger partial charge on any atom is 0.251 e. The van der Waals surface area contributed by atoms with Gasteiger partial charge in [0.05, 0.1) is 6.10 Å². The molecule has 4 nitrogen and oxygen atoms in total. The molecule has 0 aromatic carbocycles. The number of amides is 1. The first-order valence-corrected chi connectivity index (χ1v) is 6.54. The van der Waals surface area contributed by atoms with E-state index in [0.717, 1.165) is 19.3 Å². The Kier molecular flexibility index (Phi) is 4.12. The Hall–Kier alpha value is -0.940. The third-order valence-corrected chi connectivity index (χ3v) is 3.57. The number of aliphatic hydroxyl groups is 1. The van der Waals surface area contributed by atoms with E-state index in [2.05, 4.69) is 26.2 Å². The number of aliphatic hydroxyl groups excluding tert-OH is 1. The predicted octanol–water partition coefficient (Wildman–Crippen LogP) is 1.73. The van der Waals surface area contributed by atoms with Crippen molar-refractivity contribution in [3.63, 3.8) is 0 Å². The average Bonchev–Trinajstić information content (AvgIpc) is 2.72. The third-order valence-electron chi connectivity index (χ3n) is 3.13. The normalized spacial score (nSPS) is 23.6. The standard InChI is InChI=1S/C12H15BrN2O2/c13-11-6-8(4-5-14-11)12(17)15-7-9-2-1-3-10(9)16/h4-6,9-10,16H,1-3,7H2,(H,15,17). The lowest BCUT2D eigenvalue weighted by atomic mass is 10.1. The van der Waals surface area contributed by atoms with Crippen LogP contribution in [0.3, 0.4) is 0 Å². The number of carbonyl (C=O) groups is 1. The minimum atomic E-state index is -0.264. The summed E-state index contributed by atoms with van der Waals surface area (Å²) < 4.78 is 0.644. The van der Waals surface area contributed by atoms with Crippen molar-refractivity contribution >= 4 is 21.8 Å². The molecule has 17 heavy (non-hydrogen) atoms. The summed E-state index contributed by atoms with van der Waals surface area (Å²) in [7, 11) is 0. The molecule has 2 atom stereocenters. The lowest BCUT2D eigenvalue weighted by Crippen LogP contribution is -2.32. The van der Waals surface area contributed by atoms with Crippen molar-refractivity contribution in [3.8, 4) is 0 Å². The van der Waals surface area contributed by atoms with Crippen LogP contribution in [0, 0.1) is 5.92 Å². The average molecular weight is 299 g/mol. The van der Waals surface area contributed by atoms with E-state index >= 15 is 0 Å². The van der Waals surface area contributed by atoms with Crippen LogP contribution in [0.15, 0.2) is 22.9 Å². The van der Waals surface area contributed by atoms with Gasteiger partial charge in [0.2, 0.25) is 0 Å². The van der Waals surface area contributed by atoms with Gasteiger partial charge in [0.25, 0.3) is 5.91 Å². The van der Waals surface area contributed by atoms with E-state index in [-0.39, 0.29) is 17.9 Å². The van der Waals surface area contributed by atoms with Gasteiger partial charge in [-0.15, -0.1) is 0 Å². The molecule has 1 aromatic rings. The smallest absolute Gasteiger partial charge is 0.251 e. The molecule has 0 spiro atoms. The van der Waals surface area contributed by atoms with E-state index < -0.39 is 0 Å². The molecule has 1 heterocycles. The van der Waals surface area contributed by atoms with Crippen LogP contribution in [0.4, 0.5) is 0 Å². The number of carbonyl (C=O) groups excluding carboxylic acids is 1. The molecule has 1 saturated carbocycles. The zero-order valence-corrected chi connectivity index (χ0v) is 11.0. The summed E-state index contributed by atoms with van der Waals surface area (Å²) in [6, 6.07) is 3.35. The summed E-state index contributed by atoms with van der Waals surface area (Å²) in [6.45, 7) is 0.542. The SMILES string of the molecule is O=C(NCC1CCCC1O)c1ccnc(Br)c1. The fraction of sp³-hybridized carbons (Fsp3) is 0.500. The quantitative estimate of drug-likeness (QED) is 0.836. The molecule has 0 radical (unpaired) electrons. The summed E-state index contributed by atoms with van der Waals surface area (Å²) in [4.78, 5) is 15.8. The van der Waals surface area contributed by atoms with E-state index in [9.17, 15) is 9.90 Å². The number of rotatable bonds is 3. The van der Waals surface area contributed by atoms with Gasteiger partial charge in [-0.05, 0) is 40.9 Å². The van der Waals surface area contributed by atoms with Gasteiger partial charge in [0.1, 0.15) is 4.60 Å². The lowest BCUT2D eigenvalue weighted by molar-refractivity contribution is 0.0916. The van der Waals surface area contributed by atoms with Crippen LogP contribution in [-0.2, 0) is 0 Å². The number of hydrogen-bond acceptors (Lipinski definition) is 3.